The van der Waals surface area contributed by atoms with Gasteiger partial charge in [0.2, 0.25) is 5.91 Å². The Balaban J connectivity index is 4.45. The minimum atomic E-state index is -4.62. The Morgan fingerprint density at radius 1 is 0.545 bits per heavy atom. The number of quaternary nitrogens is 1. The smallest absolute Gasteiger partial charge is 0.268 e. The van der Waals surface area contributed by atoms with Gasteiger partial charge >= 0.3 is 0 Å². The van der Waals surface area contributed by atoms with Crippen molar-refractivity contribution in [2.24, 2.45) is 0 Å². The summed E-state index contributed by atoms with van der Waals surface area (Å²) in [6.07, 6.45) is 68.7. The van der Waals surface area contributed by atoms with E-state index in [4.69, 9.17) is 9.05 Å². The van der Waals surface area contributed by atoms with Gasteiger partial charge in [-0.25, -0.2) is 0 Å². The number of carbonyl (C=O) groups is 1. The molecule has 0 saturated carbocycles. The summed E-state index contributed by atoms with van der Waals surface area (Å²) in [6, 6.07) is -0.930. The molecule has 8 nitrogen and oxygen atoms in total. The SMILES string of the molecule is CC/C=C\C/C=C\C/C=C\C/C=C\C/C=C\C/C=C\C/C=C\CCCCCC(=O)NC(COP(=O)([O-])OCC[N+](C)(C)C)C(O)/C=C/CC/C=C/CCCCCCCCCCCCCCC. The molecule has 66 heavy (non-hydrogen) atoms. The predicted octanol–water partition coefficient (Wildman–Crippen LogP) is 15.0. The van der Waals surface area contributed by atoms with Crippen molar-refractivity contribution in [3.05, 3.63) is 109 Å². The molecule has 0 aromatic heterocycles. The lowest BCUT2D eigenvalue weighted by Crippen LogP contribution is -2.45. The van der Waals surface area contributed by atoms with Crippen molar-refractivity contribution in [2.75, 3.05) is 40.9 Å². The second-order valence-corrected chi connectivity index (χ2v) is 19.9. The molecule has 0 heterocycles. The van der Waals surface area contributed by atoms with Crippen LogP contribution in [0, 0.1) is 0 Å². The number of rotatable bonds is 46. The van der Waals surface area contributed by atoms with Gasteiger partial charge in [-0.05, 0) is 89.9 Å². The van der Waals surface area contributed by atoms with E-state index in [0.29, 0.717) is 17.4 Å². The number of carbonyl (C=O) groups excluding carboxylic acids is 1. The van der Waals surface area contributed by atoms with Gasteiger partial charge in [0.25, 0.3) is 7.82 Å². The van der Waals surface area contributed by atoms with Crippen LogP contribution < -0.4 is 10.2 Å². The van der Waals surface area contributed by atoms with Gasteiger partial charge < -0.3 is 28.8 Å². The Labute approximate surface area is 406 Å². The first kappa shape index (κ1) is 63.2. The highest BCUT2D eigenvalue weighted by atomic mass is 31.2. The molecule has 0 saturated heterocycles. The predicted molar refractivity (Wildman–Crippen MR) is 283 cm³/mol. The summed E-state index contributed by atoms with van der Waals surface area (Å²) in [5.74, 6) is -0.243. The maximum Gasteiger partial charge on any atom is 0.268 e. The highest BCUT2D eigenvalue weighted by Gasteiger charge is 2.23. The number of aliphatic hydroxyl groups is 1. The molecule has 0 radical (unpaired) electrons. The molecule has 3 unspecified atom stereocenters. The third-order valence-corrected chi connectivity index (χ3v) is 11.9. The minimum absolute atomic E-state index is 0.0195. The summed E-state index contributed by atoms with van der Waals surface area (Å²) in [5, 5.41) is 13.8. The number of nitrogens with one attached hydrogen (secondary N) is 1. The van der Waals surface area contributed by atoms with E-state index >= 15 is 0 Å². The first-order valence-corrected chi connectivity index (χ1v) is 27.7. The normalized spacial score (nSPS) is 15.0. The quantitative estimate of drug-likeness (QED) is 0.0272. The Morgan fingerprint density at radius 3 is 1.41 bits per heavy atom. The van der Waals surface area contributed by atoms with Gasteiger partial charge in [0.1, 0.15) is 13.2 Å². The molecule has 0 fully saturated rings. The maximum absolute atomic E-state index is 12.9. The summed E-state index contributed by atoms with van der Waals surface area (Å²) < 4.78 is 23.3. The van der Waals surface area contributed by atoms with Crippen LogP contribution in [0.2, 0.25) is 0 Å². The van der Waals surface area contributed by atoms with Gasteiger partial charge in [0.05, 0.1) is 39.9 Å². The van der Waals surface area contributed by atoms with Crippen molar-refractivity contribution in [2.45, 2.75) is 206 Å². The number of nitrogens with zero attached hydrogens (tertiary/aromatic N) is 1. The minimum Gasteiger partial charge on any atom is -0.756 e. The van der Waals surface area contributed by atoms with Crippen LogP contribution in [0.15, 0.2) is 109 Å². The van der Waals surface area contributed by atoms with Crippen LogP contribution in [0.5, 0.6) is 0 Å². The standard InChI is InChI=1S/C57H99N2O6P/c1-6-8-10-12-14-16-18-20-22-24-26-27-28-29-30-31-33-35-37-39-41-43-45-47-49-51-57(61)58-55(54-65-66(62,63)64-53-52-59(3,4)5)56(60)50-48-46-44-42-40-38-36-34-32-25-23-21-19-17-15-13-11-9-7-2/h8,10,14,16,20,22,26-27,29-30,33,35,39-42,48,50,55-56,60H,6-7,9,11-13,15,17-19,21,23-25,28,31-32,34,36-38,43-47,49,51-54H2,1-5H3,(H-,58,61,62,63)/b10-8-,16-14-,22-20-,27-26-,30-29-,35-33-,41-39-,42-40+,50-48+. The molecule has 0 bridgehead atoms. The average Bonchev–Trinajstić information content (AvgIpc) is 3.28. The Bertz CT molecular complexity index is 1440. The molecule has 0 rings (SSSR count). The van der Waals surface area contributed by atoms with Crippen LogP contribution >= 0.6 is 7.82 Å². The van der Waals surface area contributed by atoms with Gasteiger partial charge in [-0.2, -0.15) is 0 Å². The Hall–Kier alpha value is -2.84. The molecule has 0 aromatic carbocycles. The van der Waals surface area contributed by atoms with Crippen molar-refractivity contribution >= 4 is 13.7 Å². The monoisotopic (exact) mass is 939 g/mol. The van der Waals surface area contributed by atoms with Crippen LogP contribution in [0.25, 0.3) is 0 Å². The number of hydrogen-bond acceptors (Lipinski definition) is 6. The molecule has 0 aliphatic heterocycles. The van der Waals surface area contributed by atoms with Gasteiger partial charge in [-0.15, -0.1) is 0 Å². The number of unbranched alkanes of at least 4 members (excludes halogenated alkanes) is 17. The van der Waals surface area contributed by atoms with E-state index < -0.39 is 26.6 Å². The van der Waals surface area contributed by atoms with Crippen molar-refractivity contribution in [1.82, 2.24) is 5.32 Å². The molecule has 0 aliphatic rings. The summed E-state index contributed by atoms with van der Waals surface area (Å²) in [4.78, 5) is 25.4. The maximum atomic E-state index is 12.9. The zero-order chi connectivity index (χ0) is 48.5. The molecule has 1 amide bonds. The van der Waals surface area contributed by atoms with E-state index in [0.717, 1.165) is 83.5 Å². The zero-order valence-electron chi connectivity index (χ0n) is 42.9. The fourth-order valence-electron chi connectivity index (χ4n) is 6.85. The second kappa shape index (κ2) is 47.2. The molecule has 2 N–H and O–H groups in total. The van der Waals surface area contributed by atoms with E-state index in [1.807, 2.05) is 27.2 Å². The molecule has 0 aromatic rings. The number of allylic oxidation sites excluding steroid dienone is 17. The van der Waals surface area contributed by atoms with Crippen molar-refractivity contribution < 1.29 is 32.9 Å². The highest BCUT2D eigenvalue weighted by Crippen LogP contribution is 2.38. The zero-order valence-corrected chi connectivity index (χ0v) is 43.7. The van der Waals surface area contributed by atoms with E-state index in [1.165, 1.54) is 83.5 Å². The molecular formula is C57H99N2O6P. The summed E-state index contributed by atoms with van der Waals surface area (Å²) >= 11 is 0. The van der Waals surface area contributed by atoms with Gasteiger partial charge in [-0.3, -0.25) is 9.36 Å². The third-order valence-electron chi connectivity index (χ3n) is 11.0. The van der Waals surface area contributed by atoms with Gasteiger partial charge in [0, 0.05) is 6.42 Å². The number of phosphoric ester groups is 1. The fraction of sp³-hybridized carbons (Fsp3) is 0.667. The van der Waals surface area contributed by atoms with E-state index in [-0.39, 0.29) is 18.9 Å². The van der Waals surface area contributed by atoms with Crippen LogP contribution in [0.3, 0.4) is 0 Å². The second-order valence-electron chi connectivity index (χ2n) is 18.5. The average molecular weight is 939 g/mol. The van der Waals surface area contributed by atoms with Crippen LogP contribution in [0.4, 0.5) is 0 Å². The van der Waals surface area contributed by atoms with Crippen molar-refractivity contribution in [3.63, 3.8) is 0 Å². The Kier molecular flexibility index (Phi) is 45.2. The van der Waals surface area contributed by atoms with Crippen molar-refractivity contribution in [3.8, 4) is 0 Å². The number of phosphoric acid groups is 1. The van der Waals surface area contributed by atoms with E-state index in [2.05, 4.69) is 116 Å². The number of likely N-dealkylation sites (N-methyl/N-ethyl adjacent to an activating group) is 1. The topological polar surface area (TPSA) is 108 Å². The Morgan fingerprint density at radius 2 is 0.939 bits per heavy atom. The van der Waals surface area contributed by atoms with Gasteiger partial charge in [-0.1, -0.05) is 207 Å². The molecule has 0 aliphatic carbocycles. The highest BCUT2D eigenvalue weighted by molar-refractivity contribution is 7.45. The number of aliphatic hydroxyl groups excluding tert-OH is 1. The van der Waals surface area contributed by atoms with E-state index in [9.17, 15) is 19.4 Å². The molecule has 0 spiro atoms. The first-order chi connectivity index (χ1) is 32.0. The summed E-state index contributed by atoms with van der Waals surface area (Å²) in [6.45, 7) is 4.47. The summed E-state index contributed by atoms with van der Waals surface area (Å²) in [5.41, 5.74) is 0. The number of hydrogen-bond donors (Lipinski definition) is 2. The van der Waals surface area contributed by atoms with Gasteiger partial charge in [0.15, 0.2) is 0 Å². The largest absolute Gasteiger partial charge is 0.756 e. The first-order valence-electron chi connectivity index (χ1n) is 26.2. The van der Waals surface area contributed by atoms with Crippen molar-refractivity contribution in [1.29, 1.82) is 0 Å². The van der Waals surface area contributed by atoms with Crippen LogP contribution in [0.1, 0.15) is 194 Å². The van der Waals surface area contributed by atoms with Crippen LogP contribution in [-0.4, -0.2) is 68.5 Å². The molecular weight excluding hydrogens is 840 g/mol. The number of amides is 1. The van der Waals surface area contributed by atoms with E-state index in [1.54, 1.807) is 6.08 Å². The fourth-order valence-corrected chi connectivity index (χ4v) is 7.58. The molecule has 378 valence electrons. The lowest BCUT2D eigenvalue weighted by atomic mass is 10.0. The lowest BCUT2D eigenvalue weighted by molar-refractivity contribution is -0.870. The lowest BCUT2D eigenvalue weighted by Gasteiger charge is -2.29. The third kappa shape index (κ3) is 49.1. The molecule has 3 atom stereocenters. The van der Waals surface area contributed by atoms with Crippen LogP contribution in [-0.2, 0) is 18.4 Å². The summed E-state index contributed by atoms with van der Waals surface area (Å²) in [7, 11) is 1.20. The molecule has 9 heteroatoms.